The second kappa shape index (κ2) is 8.06. The molecule has 3 atom stereocenters. The molecule has 1 aliphatic rings. The maximum absolute atomic E-state index is 12.4. The number of aliphatic hydroxyl groups excluding tert-OH is 1. The minimum atomic E-state index is -3.57. The van der Waals surface area contributed by atoms with Crippen LogP contribution in [0.2, 0.25) is 0 Å². The minimum absolute atomic E-state index is 0.0493. The molecule has 1 amide bonds. The number of aliphatic hydroxyl groups is 1. The van der Waals surface area contributed by atoms with E-state index in [1.54, 1.807) is 20.8 Å². The fourth-order valence-electron chi connectivity index (χ4n) is 2.56. The molecule has 2 rings (SSSR count). The average molecular weight is 388 g/mol. The van der Waals surface area contributed by atoms with E-state index in [1.165, 1.54) is 13.0 Å². The molecule has 1 aromatic rings. The van der Waals surface area contributed by atoms with E-state index < -0.39 is 32.5 Å². The standard InChI is InChI=1S/C17H28N2O6S/c1-11(26(22,23)8-6-13-5-7-24-10-13)16(21)18-15-9-14(19-25-15)17(3,4)12(2)20/h9,11-13,20H,5-8,10H2,1-4H3,(H,18,21)/t11-,12+,13-/m1/s1. The fraction of sp³-hybridized carbons (Fsp3) is 0.765. The normalized spacial score (nSPS) is 20.7. The molecule has 0 bridgehead atoms. The number of sulfone groups is 1. The van der Waals surface area contributed by atoms with Crippen LogP contribution in [0.25, 0.3) is 0 Å². The van der Waals surface area contributed by atoms with E-state index in [1.807, 2.05) is 0 Å². The highest BCUT2D eigenvalue weighted by molar-refractivity contribution is 7.92. The van der Waals surface area contributed by atoms with Crippen molar-refractivity contribution in [1.29, 1.82) is 0 Å². The Bertz CT molecular complexity index is 719. The Labute approximate surface area is 154 Å². The highest BCUT2D eigenvalue weighted by Crippen LogP contribution is 2.28. The number of amides is 1. The molecule has 148 valence electrons. The van der Waals surface area contributed by atoms with E-state index in [0.717, 1.165) is 6.42 Å². The molecule has 2 N–H and O–H groups in total. The number of hydrogen-bond acceptors (Lipinski definition) is 7. The van der Waals surface area contributed by atoms with Gasteiger partial charge in [-0.1, -0.05) is 19.0 Å². The Morgan fingerprint density at radius 1 is 1.46 bits per heavy atom. The van der Waals surface area contributed by atoms with Crippen LogP contribution in [-0.2, 0) is 24.8 Å². The summed E-state index contributed by atoms with van der Waals surface area (Å²) in [6.07, 6.45) is 0.681. The zero-order valence-electron chi connectivity index (χ0n) is 15.7. The Morgan fingerprint density at radius 2 is 2.15 bits per heavy atom. The molecule has 0 aromatic carbocycles. The Kier molecular flexibility index (Phi) is 6.46. The maximum atomic E-state index is 12.4. The number of hydrogen-bond donors (Lipinski definition) is 2. The van der Waals surface area contributed by atoms with Crippen LogP contribution in [0, 0.1) is 5.92 Å². The summed E-state index contributed by atoms with van der Waals surface area (Å²) in [7, 11) is -3.57. The molecular formula is C17H28N2O6S. The third-order valence-electron chi connectivity index (χ3n) is 5.20. The van der Waals surface area contributed by atoms with E-state index in [-0.39, 0.29) is 17.6 Å². The van der Waals surface area contributed by atoms with Crippen LogP contribution in [0.3, 0.4) is 0 Å². The largest absolute Gasteiger partial charge is 0.392 e. The van der Waals surface area contributed by atoms with Crippen LogP contribution in [0.4, 0.5) is 5.88 Å². The van der Waals surface area contributed by atoms with E-state index in [2.05, 4.69) is 10.5 Å². The predicted octanol–water partition coefficient (Wildman–Crippen LogP) is 1.50. The number of ether oxygens (including phenoxy) is 1. The number of nitrogens with zero attached hydrogens (tertiary/aromatic N) is 1. The van der Waals surface area contributed by atoms with Gasteiger partial charge in [0, 0.05) is 24.7 Å². The van der Waals surface area contributed by atoms with Gasteiger partial charge in [-0.2, -0.15) is 0 Å². The summed E-state index contributed by atoms with van der Waals surface area (Å²) >= 11 is 0. The Morgan fingerprint density at radius 3 is 2.73 bits per heavy atom. The van der Waals surface area contributed by atoms with Gasteiger partial charge in [0.05, 0.1) is 17.6 Å². The first-order valence-electron chi connectivity index (χ1n) is 8.79. The van der Waals surface area contributed by atoms with E-state index >= 15 is 0 Å². The lowest BCUT2D eigenvalue weighted by atomic mass is 9.84. The van der Waals surface area contributed by atoms with E-state index in [4.69, 9.17) is 9.26 Å². The zero-order valence-corrected chi connectivity index (χ0v) is 16.5. The third kappa shape index (κ3) is 4.83. The summed E-state index contributed by atoms with van der Waals surface area (Å²) in [6.45, 7) is 7.83. The monoisotopic (exact) mass is 388 g/mol. The van der Waals surface area contributed by atoms with Crippen LogP contribution >= 0.6 is 0 Å². The van der Waals surface area contributed by atoms with Crippen molar-refractivity contribution in [2.75, 3.05) is 24.3 Å². The van der Waals surface area contributed by atoms with Crippen molar-refractivity contribution in [3.05, 3.63) is 11.8 Å². The minimum Gasteiger partial charge on any atom is -0.392 e. The molecule has 0 radical (unpaired) electrons. The topological polar surface area (TPSA) is 119 Å². The van der Waals surface area contributed by atoms with E-state index in [0.29, 0.717) is 25.3 Å². The van der Waals surface area contributed by atoms with Crippen LogP contribution < -0.4 is 5.32 Å². The Hall–Kier alpha value is -1.45. The van der Waals surface area contributed by atoms with Gasteiger partial charge in [0.2, 0.25) is 11.8 Å². The zero-order chi connectivity index (χ0) is 19.5. The number of anilines is 1. The lowest BCUT2D eigenvalue weighted by molar-refractivity contribution is -0.115. The fourth-order valence-corrected chi connectivity index (χ4v) is 3.96. The van der Waals surface area contributed by atoms with Gasteiger partial charge in [-0.15, -0.1) is 0 Å². The smallest absolute Gasteiger partial charge is 0.244 e. The number of nitrogens with one attached hydrogen (secondary N) is 1. The highest BCUT2D eigenvalue weighted by Gasteiger charge is 2.32. The maximum Gasteiger partial charge on any atom is 0.244 e. The van der Waals surface area contributed by atoms with Crippen molar-refractivity contribution in [1.82, 2.24) is 5.16 Å². The second-order valence-corrected chi connectivity index (χ2v) is 9.93. The number of aromatic nitrogens is 1. The van der Waals surface area contributed by atoms with Gasteiger partial charge in [0.25, 0.3) is 0 Å². The van der Waals surface area contributed by atoms with Gasteiger partial charge < -0.3 is 14.4 Å². The van der Waals surface area contributed by atoms with Crippen LogP contribution in [-0.4, -0.2) is 54.9 Å². The summed E-state index contributed by atoms with van der Waals surface area (Å²) < 4.78 is 35.1. The van der Waals surface area contributed by atoms with Crippen molar-refractivity contribution in [2.24, 2.45) is 5.92 Å². The molecule has 0 aliphatic carbocycles. The van der Waals surface area contributed by atoms with Gasteiger partial charge in [-0.25, -0.2) is 8.42 Å². The van der Waals surface area contributed by atoms with Gasteiger partial charge >= 0.3 is 0 Å². The molecule has 26 heavy (non-hydrogen) atoms. The van der Waals surface area contributed by atoms with Crippen molar-refractivity contribution in [2.45, 2.75) is 57.3 Å². The first kappa shape index (κ1) is 20.9. The van der Waals surface area contributed by atoms with Crippen molar-refractivity contribution < 1.29 is 27.6 Å². The van der Waals surface area contributed by atoms with Gasteiger partial charge in [-0.3, -0.25) is 10.1 Å². The van der Waals surface area contributed by atoms with Gasteiger partial charge in [0.15, 0.2) is 9.84 Å². The predicted molar refractivity (Wildman–Crippen MR) is 96.6 cm³/mol. The lowest BCUT2D eigenvalue weighted by Crippen LogP contribution is -2.34. The number of carbonyl (C=O) groups excluding carboxylic acids is 1. The molecule has 1 saturated heterocycles. The number of carbonyl (C=O) groups is 1. The SMILES string of the molecule is C[C@H](O)C(C)(C)c1cc(NC(=O)[C@@H](C)S(=O)(=O)CC[C@H]2CCOC2)on1. The molecule has 1 fully saturated rings. The molecule has 8 nitrogen and oxygen atoms in total. The molecule has 1 aliphatic heterocycles. The lowest BCUT2D eigenvalue weighted by Gasteiger charge is -2.24. The Balaban J connectivity index is 1.97. The van der Waals surface area contributed by atoms with Crippen LogP contribution in [0.5, 0.6) is 0 Å². The quantitative estimate of drug-likeness (QED) is 0.692. The molecule has 9 heteroatoms. The van der Waals surface area contributed by atoms with Crippen LogP contribution in [0.15, 0.2) is 10.6 Å². The second-order valence-electron chi connectivity index (χ2n) is 7.49. The summed E-state index contributed by atoms with van der Waals surface area (Å²) in [6, 6.07) is 1.50. The summed E-state index contributed by atoms with van der Waals surface area (Å²) in [5.74, 6) is -0.415. The molecule has 1 aromatic heterocycles. The molecule has 0 saturated carbocycles. The number of rotatable bonds is 8. The van der Waals surface area contributed by atoms with Crippen molar-refractivity contribution in [3.63, 3.8) is 0 Å². The molecule has 0 spiro atoms. The summed E-state index contributed by atoms with van der Waals surface area (Å²) in [5, 5.41) is 14.9. The van der Waals surface area contributed by atoms with E-state index in [9.17, 15) is 18.3 Å². The molecular weight excluding hydrogens is 360 g/mol. The third-order valence-corrected chi connectivity index (χ3v) is 7.30. The summed E-state index contributed by atoms with van der Waals surface area (Å²) in [5.41, 5.74) is -0.187. The first-order chi connectivity index (χ1) is 12.0. The van der Waals surface area contributed by atoms with Crippen molar-refractivity contribution in [3.8, 4) is 0 Å². The van der Waals surface area contributed by atoms with Gasteiger partial charge in [0.1, 0.15) is 5.25 Å². The first-order valence-corrected chi connectivity index (χ1v) is 10.5. The molecule has 0 unspecified atom stereocenters. The summed E-state index contributed by atoms with van der Waals surface area (Å²) in [4.78, 5) is 12.3. The average Bonchev–Trinajstić information content (AvgIpc) is 3.23. The van der Waals surface area contributed by atoms with Gasteiger partial charge in [-0.05, 0) is 32.6 Å². The highest BCUT2D eigenvalue weighted by atomic mass is 32.2. The van der Waals surface area contributed by atoms with Crippen LogP contribution in [0.1, 0.15) is 46.2 Å². The van der Waals surface area contributed by atoms with Crippen molar-refractivity contribution >= 4 is 21.6 Å². The molecule has 2 heterocycles.